The van der Waals surface area contributed by atoms with E-state index in [2.05, 4.69) is 73.7 Å². The Balaban J connectivity index is 1.26. The van der Waals surface area contributed by atoms with Gasteiger partial charge in [-0.1, -0.05) is 54.1 Å². The number of aromatic amines is 1. The standard InChI is InChI=1S/C29H24ClN5/c30-26-10-9-22(17-25(26)29-32-18-28(34-29)20-5-2-1-3-6-20)33-27-8-4-7-21-19-35(16-13-24(21)27)23-11-14-31-15-12-23/h1-12,14-15,17-18,33H,13,16,19H2,(H,32,34). The Bertz CT molecular complexity index is 1460. The lowest BCUT2D eigenvalue weighted by atomic mass is 9.97. The van der Waals surface area contributed by atoms with Crippen molar-refractivity contribution in [3.8, 4) is 22.6 Å². The third-order valence-electron chi connectivity index (χ3n) is 6.45. The van der Waals surface area contributed by atoms with Crippen LogP contribution in [-0.4, -0.2) is 21.5 Å². The smallest absolute Gasteiger partial charge is 0.139 e. The number of H-pyrrole nitrogens is 1. The second kappa shape index (κ2) is 9.28. The fourth-order valence-electron chi connectivity index (χ4n) is 4.66. The van der Waals surface area contributed by atoms with E-state index in [1.807, 2.05) is 48.9 Å². The predicted octanol–water partition coefficient (Wildman–Crippen LogP) is 7.10. The molecule has 3 aromatic carbocycles. The van der Waals surface area contributed by atoms with Gasteiger partial charge in [-0.3, -0.25) is 4.98 Å². The average Bonchev–Trinajstić information content (AvgIpc) is 3.41. The van der Waals surface area contributed by atoms with Crippen molar-refractivity contribution in [1.82, 2.24) is 15.0 Å². The zero-order valence-corrected chi connectivity index (χ0v) is 19.8. The number of fused-ring (bicyclic) bond motifs is 1. The molecule has 2 aromatic heterocycles. The van der Waals surface area contributed by atoms with Crippen molar-refractivity contribution < 1.29 is 0 Å². The zero-order valence-electron chi connectivity index (χ0n) is 19.1. The number of benzene rings is 3. The molecular formula is C29H24ClN5. The lowest BCUT2D eigenvalue weighted by molar-refractivity contribution is 0.732. The Kier molecular flexibility index (Phi) is 5.68. The normalized spacial score (nSPS) is 12.9. The molecule has 6 heteroatoms. The highest BCUT2D eigenvalue weighted by molar-refractivity contribution is 6.33. The minimum atomic E-state index is 0.660. The first-order valence-electron chi connectivity index (χ1n) is 11.7. The largest absolute Gasteiger partial charge is 0.367 e. The molecule has 35 heavy (non-hydrogen) atoms. The molecule has 2 N–H and O–H groups in total. The molecule has 1 aliphatic rings. The van der Waals surface area contributed by atoms with Crippen molar-refractivity contribution in [2.24, 2.45) is 0 Å². The quantitative estimate of drug-likeness (QED) is 0.283. The molecule has 0 amide bonds. The van der Waals surface area contributed by atoms with Crippen molar-refractivity contribution in [2.45, 2.75) is 13.0 Å². The molecule has 5 aromatic rings. The number of hydrogen-bond donors (Lipinski definition) is 2. The van der Waals surface area contributed by atoms with Gasteiger partial charge in [0.15, 0.2) is 0 Å². The first-order chi connectivity index (χ1) is 17.2. The summed E-state index contributed by atoms with van der Waals surface area (Å²) in [7, 11) is 0. The SMILES string of the molecule is Clc1ccc(Nc2cccc3c2CCN(c2ccncc2)C3)cc1-c1ncc(-c2ccccc2)[nH]1. The fourth-order valence-corrected chi connectivity index (χ4v) is 4.87. The molecule has 0 saturated carbocycles. The molecular weight excluding hydrogens is 454 g/mol. The van der Waals surface area contributed by atoms with Gasteiger partial charge in [0.05, 0.1) is 16.9 Å². The maximum absolute atomic E-state index is 6.58. The summed E-state index contributed by atoms with van der Waals surface area (Å²) in [4.78, 5) is 14.6. The maximum Gasteiger partial charge on any atom is 0.139 e. The van der Waals surface area contributed by atoms with E-state index in [9.17, 15) is 0 Å². The third-order valence-corrected chi connectivity index (χ3v) is 6.78. The van der Waals surface area contributed by atoms with Gasteiger partial charge >= 0.3 is 0 Å². The molecule has 0 radical (unpaired) electrons. The van der Waals surface area contributed by atoms with Crippen molar-refractivity contribution >= 4 is 28.7 Å². The van der Waals surface area contributed by atoms with E-state index in [1.165, 1.54) is 16.8 Å². The average molecular weight is 478 g/mol. The minimum absolute atomic E-state index is 0.660. The van der Waals surface area contributed by atoms with E-state index in [0.717, 1.165) is 53.5 Å². The highest BCUT2D eigenvalue weighted by Crippen LogP contribution is 2.34. The van der Waals surface area contributed by atoms with Gasteiger partial charge in [-0.2, -0.15) is 0 Å². The second-order valence-electron chi connectivity index (χ2n) is 8.65. The first-order valence-corrected chi connectivity index (χ1v) is 12.1. The van der Waals surface area contributed by atoms with Crippen LogP contribution in [0.3, 0.4) is 0 Å². The Morgan fingerprint density at radius 2 is 1.77 bits per heavy atom. The highest BCUT2D eigenvalue weighted by atomic mass is 35.5. The molecule has 0 aliphatic carbocycles. The Morgan fingerprint density at radius 3 is 2.63 bits per heavy atom. The van der Waals surface area contributed by atoms with Crippen LogP contribution in [-0.2, 0) is 13.0 Å². The van der Waals surface area contributed by atoms with Gasteiger partial charge in [-0.25, -0.2) is 4.98 Å². The molecule has 3 heterocycles. The molecule has 1 aliphatic heterocycles. The molecule has 0 fully saturated rings. The molecule has 0 atom stereocenters. The van der Waals surface area contributed by atoms with Crippen LogP contribution in [0.2, 0.25) is 5.02 Å². The number of imidazole rings is 1. The van der Waals surface area contributed by atoms with Crippen LogP contribution in [0, 0.1) is 0 Å². The van der Waals surface area contributed by atoms with Crippen molar-refractivity contribution in [3.05, 3.63) is 114 Å². The van der Waals surface area contributed by atoms with Gasteiger partial charge in [0.25, 0.3) is 0 Å². The van der Waals surface area contributed by atoms with Crippen LogP contribution < -0.4 is 10.2 Å². The van der Waals surface area contributed by atoms with Gasteiger partial charge in [-0.15, -0.1) is 0 Å². The van der Waals surface area contributed by atoms with Gasteiger partial charge in [0.2, 0.25) is 0 Å². The van der Waals surface area contributed by atoms with E-state index in [4.69, 9.17) is 11.6 Å². The number of nitrogens with one attached hydrogen (secondary N) is 2. The number of halogens is 1. The van der Waals surface area contributed by atoms with E-state index in [0.29, 0.717) is 5.02 Å². The van der Waals surface area contributed by atoms with Crippen LogP contribution in [0.4, 0.5) is 17.1 Å². The number of nitrogens with zero attached hydrogens (tertiary/aromatic N) is 3. The van der Waals surface area contributed by atoms with Gasteiger partial charge in [-0.05, 0) is 59.5 Å². The van der Waals surface area contributed by atoms with E-state index < -0.39 is 0 Å². The summed E-state index contributed by atoms with van der Waals surface area (Å²) in [5, 5.41) is 4.29. The van der Waals surface area contributed by atoms with Crippen LogP contribution in [0.25, 0.3) is 22.6 Å². The molecule has 5 nitrogen and oxygen atoms in total. The number of pyridine rings is 1. The molecule has 0 spiro atoms. The summed E-state index contributed by atoms with van der Waals surface area (Å²) < 4.78 is 0. The summed E-state index contributed by atoms with van der Waals surface area (Å²) in [6.45, 7) is 1.85. The summed E-state index contributed by atoms with van der Waals surface area (Å²) in [5.41, 5.74) is 8.94. The highest BCUT2D eigenvalue weighted by Gasteiger charge is 2.19. The van der Waals surface area contributed by atoms with E-state index >= 15 is 0 Å². The van der Waals surface area contributed by atoms with Gasteiger partial charge in [0.1, 0.15) is 5.82 Å². The van der Waals surface area contributed by atoms with Crippen molar-refractivity contribution in [2.75, 3.05) is 16.8 Å². The number of aromatic nitrogens is 3. The second-order valence-corrected chi connectivity index (χ2v) is 9.06. The lowest BCUT2D eigenvalue weighted by Gasteiger charge is -2.32. The maximum atomic E-state index is 6.58. The molecule has 6 rings (SSSR count). The predicted molar refractivity (Wildman–Crippen MR) is 143 cm³/mol. The van der Waals surface area contributed by atoms with Gasteiger partial charge < -0.3 is 15.2 Å². The van der Waals surface area contributed by atoms with Gasteiger partial charge in [0, 0.05) is 48.1 Å². The number of hydrogen-bond acceptors (Lipinski definition) is 4. The first kappa shape index (κ1) is 21.4. The van der Waals surface area contributed by atoms with E-state index in [1.54, 1.807) is 0 Å². The summed E-state index contributed by atoms with van der Waals surface area (Å²) in [6.07, 6.45) is 6.52. The fraction of sp³-hybridized carbons (Fsp3) is 0.103. The molecule has 0 unspecified atom stereocenters. The van der Waals surface area contributed by atoms with Crippen LogP contribution >= 0.6 is 11.6 Å². The van der Waals surface area contributed by atoms with Crippen LogP contribution in [0.15, 0.2) is 97.5 Å². The number of anilines is 3. The van der Waals surface area contributed by atoms with Crippen LogP contribution in [0.1, 0.15) is 11.1 Å². The summed E-state index contributed by atoms with van der Waals surface area (Å²) in [6, 6.07) is 26.8. The molecule has 0 bridgehead atoms. The molecule has 172 valence electrons. The summed E-state index contributed by atoms with van der Waals surface area (Å²) in [5.74, 6) is 0.751. The third kappa shape index (κ3) is 4.38. The minimum Gasteiger partial charge on any atom is -0.367 e. The summed E-state index contributed by atoms with van der Waals surface area (Å²) >= 11 is 6.58. The topological polar surface area (TPSA) is 56.8 Å². The monoisotopic (exact) mass is 477 g/mol. The van der Waals surface area contributed by atoms with Crippen LogP contribution in [0.5, 0.6) is 0 Å². The lowest BCUT2D eigenvalue weighted by Crippen LogP contribution is -2.30. The molecule has 0 saturated heterocycles. The number of rotatable bonds is 5. The Hall–Kier alpha value is -4.09. The van der Waals surface area contributed by atoms with Crippen molar-refractivity contribution in [1.29, 1.82) is 0 Å². The Labute approximate surface area is 209 Å². The van der Waals surface area contributed by atoms with E-state index in [-0.39, 0.29) is 0 Å². The zero-order chi connectivity index (χ0) is 23.6. The Morgan fingerprint density at radius 1 is 0.914 bits per heavy atom. The van der Waals surface area contributed by atoms with Crippen molar-refractivity contribution in [3.63, 3.8) is 0 Å².